The number of piperazine rings is 1. The molecule has 1 aliphatic rings. The average Bonchev–Trinajstić information content (AvgIpc) is 2.89. The molecule has 1 saturated heterocycles. The Bertz CT molecular complexity index is 589. The number of thiazole rings is 1. The minimum absolute atomic E-state index is 0.0274. The number of rotatable bonds is 3. The molecule has 0 radical (unpaired) electrons. The van der Waals surface area contributed by atoms with Gasteiger partial charge in [0.1, 0.15) is 5.01 Å². The Labute approximate surface area is 123 Å². The molecule has 0 unspecified atom stereocenters. The molecule has 104 valence electrons. The maximum Gasteiger partial charge on any atom is 0.108 e. The molecule has 1 aromatic carbocycles. The summed E-state index contributed by atoms with van der Waals surface area (Å²) >= 11 is 1.78. The van der Waals surface area contributed by atoms with E-state index in [1.807, 2.05) is 13.0 Å². The van der Waals surface area contributed by atoms with Crippen molar-refractivity contribution in [2.24, 2.45) is 0 Å². The fourth-order valence-corrected chi connectivity index (χ4v) is 3.58. The second-order valence-electron chi connectivity index (χ2n) is 5.19. The number of nitriles is 1. The summed E-state index contributed by atoms with van der Waals surface area (Å²) in [5, 5.41) is 10.1. The van der Waals surface area contributed by atoms with Crippen LogP contribution in [0.3, 0.4) is 0 Å². The van der Waals surface area contributed by atoms with Crippen molar-refractivity contribution in [3.63, 3.8) is 0 Å². The average molecular weight is 286 g/mol. The fourth-order valence-electron chi connectivity index (χ4n) is 2.57. The predicted octanol–water partition coefficient (Wildman–Crippen LogP) is 2.33. The molecule has 0 aliphatic carbocycles. The molecule has 1 fully saturated rings. The highest BCUT2D eigenvalue weighted by Crippen LogP contribution is 2.23. The van der Waals surface area contributed by atoms with Crippen molar-refractivity contribution in [1.29, 1.82) is 5.26 Å². The van der Waals surface area contributed by atoms with Crippen molar-refractivity contribution in [3.8, 4) is 6.07 Å². The summed E-state index contributed by atoms with van der Waals surface area (Å²) in [6, 6.07) is 10.6. The van der Waals surface area contributed by atoms with E-state index in [-0.39, 0.29) is 6.04 Å². The fraction of sp³-hybridized carbons (Fsp3) is 0.467. The van der Waals surface area contributed by atoms with Gasteiger partial charge in [0.15, 0.2) is 0 Å². The maximum atomic E-state index is 8.96. The van der Waals surface area contributed by atoms with Crippen LogP contribution in [0.1, 0.15) is 11.9 Å². The van der Waals surface area contributed by atoms with Crippen LogP contribution in [0.2, 0.25) is 0 Å². The molecule has 1 atom stereocenters. The molecule has 2 aromatic rings. The molecular weight excluding hydrogens is 268 g/mol. The van der Waals surface area contributed by atoms with E-state index in [0.29, 0.717) is 0 Å². The molecule has 20 heavy (non-hydrogen) atoms. The summed E-state index contributed by atoms with van der Waals surface area (Å²) in [7, 11) is 0. The standard InChI is InChI=1S/C15H18N4S/c1-12(10-16)19-8-6-18(7-9-19)11-15-17-13-4-2-3-5-14(13)20-15/h2-5,12H,6-9,11H2,1H3/t12-/m0/s1. The van der Waals surface area contributed by atoms with E-state index in [0.717, 1.165) is 38.2 Å². The molecule has 0 amide bonds. The highest BCUT2D eigenvalue weighted by Gasteiger charge is 2.21. The van der Waals surface area contributed by atoms with Crippen LogP contribution in [-0.4, -0.2) is 47.0 Å². The predicted molar refractivity (Wildman–Crippen MR) is 81.5 cm³/mol. The quantitative estimate of drug-likeness (QED) is 0.868. The van der Waals surface area contributed by atoms with Crippen molar-refractivity contribution in [2.75, 3.05) is 26.2 Å². The Morgan fingerprint density at radius 1 is 1.30 bits per heavy atom. The van der Waals surface area contributed by atoms with Gasteiger partial charge in [-0.05, 0) is 19.1 Å². The van der Waals surface area contributed by atoms with Crippen molar-refractivity contribution in [2.45, 2.75) is 19.5 Å². The van der Waals surface area contributed by atoms with E-state index in [4.69, 9.17) is 5.26 Å². The van der Waals surface area contributed by atoms with Gasteiger partial charge in [0.05, 0.1) is 28.9 Å². The largest absolute Gasteiger partial charge is 0.294 e. The Morgan fingerprint density at radius 2 is 2.05 bits per heavy atom. The van der Waals surface area contributed by atoms with E-state index < -0.39 is 0 Å². The number of nitrogens with zero attached hydrogens (tertiary/aromatic N) is 4. The van der Waals surface area contributed by atoms with Gasteiger partial charge < -0.3 is 0 Å². The molecule has 4 nitrogen and oxygen atoms in total. The highest BCUT2D eigenvalue weighted by atomic mass is 32.1. The van der Waals surface area contributed by atoms with Crippen molar-refractivity contribution in [3.05, 3.63) is 29.3 Å². The Kier molecular flexibility index (Phi) is 3.97. The summed E-state index contributed by atoms with van der Waals surface area (Å²) in [5.74, 6) is 0. The lowest BCUT2D eigenvalue weighted by atomic mass is 10.2. The third kappa shape index (κ3) is 2.83. The first-order valence-corrected chi connectivity index (χ1v) is 7.78. The number of fused-ring (bicyclic) bond motifs is 1. The van der Waals surface area contributed by atoms with Crippen LogP contribution >= 0.6 is 11.3 Å². The zero-order valence-corrected chi connectivity index (χ0v) is 12.4. The van der Waals surface area contributed by atoms with E-state index >= 15 is 0 Å². The summed E-state index contributed by atoms with van der Waals surface area (Å²) in [5.41, 5.74) is 1.10. The first-order valence-electron chi connectivity index (χ1n) is 6.97. The molecular formula is C15H18N4S. The van der Waals surface area contributed by atoms with Crippen LogP contribution in [0.15, 0.2) is 24.3 Å². The van der Waals surface area contributed by atoms with E-state index in [1.54, 1.807) is 11.3 Å². The van der Waals surface area contributed by atoms with Crippen LogP contribution in [0.5, 0.6) is 0 Å². The van der Waals surface area contributed by atoms with Gasteiger partial charge in [0, 0.05) is 26.2 Å². The van der Waals surface area contributed by atoms with Gasteiger partial charge in [-0.25, -0.2) is 4.98 Å². The monoisotopic (exact) mass is 286 g/mol. The van der Waals surface area contributed by atoms with Gasteiger partial charge in [-0.2, -0.15) is 5.26 Å². The molecule has 0 bridgehead atoms. The lowest BCUT2D eigenvalue weighted by Crippen LogP contribution is -2.48. The zero-order valence-electron chi connectivity index (χ0n) is 11.6. The smallest absolute Gasteiger partial charge is 0.108 e. The van der Waals surface area contributed by atoms with Crippen LogP contribution in [0.25, 0.3) is 10.2 Å². The summed E-state index contributed by atoms with van der Waals surface area (Å²) < 4.78 is 1.26. The van der Waals surface area contributed by atoms with Crippen LogP contribution in [0, 0.1) is 11.3 Å². The normalized spacial score (nSPS) is 19.0. The molecule has 2 heterocycles. The third-order valence-corrected chi connectivity index (χ3v) is 4.86. The van der Waals surface area contributed by atoms with Crippen LogP contribution in [-0.2, 0) is 6.54 Å². The Hall–Kier alpha value is -1.48. The second-order valence-corrected chi connectivity index (χ2v) is 6.31. The van der Waals surface area contributed by atoms with Gasteiger partial charge >= 0.3 is 0 Å². The summed E-state index contributed by atoms with van der Waals surface area (Å²) in [4.78, 5) is 9.36. The minimum Gasteiger partial charge on any atom is -0.294 e. The maximum absolute atomic E-state index is 8.96. The minimum atomic E-state index is 0.0274. The number of para-hydroxylation sites is 1. The summed E-state index contributed by atoms with van der Waals surface area (Å²) in [6.07, 6.45) is 0. The molecule has 1 aromatic heterocycles. The number of benzene rings is 1. The van der Waals surface area contributed by atoms with Gasteiger partial charge in [-0.15, -0.1) is 11.3 Å². The third-order valence-electron chi connectivity index (χ3n) is 3.84. The molecule has 0 N–H and O–H groups in total. The Morgan fingerprint density at radius 3 is 2.75 bits per heavy atom. The molecule has 5 heteroatoms. The molecule has 0 spiro atoms. The van der Waals surface area contributed by atoms with Crippen molar-refractivity contribution < 1.29 is 0 Å². The van der Waals surface area contributed by atoms with Gasteiger partial charge in [0.2, 0.25) is 0 Å². The molecule has 0 saturated carbocycles. The summed E-state index contributed by atoms with van der Waals surface area (Å²) in [6.45, 7) is 6.88. The second kappa shape index (κ2) is 5.88. The van der Waals surface area contributed by atoms with Gasteiger partial charge in [0.25, 0.3) is 0 Å². The zero-order chi connectivity index (χ0) is 13.9. The number of aromatic nitrogens is 1. The topological polar surface area (TPSA) is 43.2 Å². The van der Waals surface area contributed by atoms with Crippen LogP contribution < -0.4 is 0 Å². The number of hydrogen-bond acceptors (Lipinski definition) is 5. The van der Waals surface area contributed by atoms with Gasteiger partial charge in [-0.1, -0.05) is 12.1 Å². The van der Waals surface area contributed by atoms with E-state index in [9.17, 15) is 0 Å². The number of hydrogen-bond donors (Lipinski definition) is 0. The highest BCUT2D eigenvalue weighted by molar-refractivity contribution is 7.18. The van der Waals surface area contributed by atoms with Crippen molar-refractivity contribution in [1.82, 2.24) is 14.8 Å². The van der Waals surface area contributed by atoms with E-state index in [2.05, 4.69) is 39.1 Å². The first-order chi connectivity index (χ1) is 9.76. The van der Waals surface area contributed by atoms with E-state index in [1.165, 1.54) is 9.71 Å². The molecule has 3 rings (SSSR count). The Balaban J connectivity index is 1.61. The van der Waals surface area contributed by atoms with Gasteiger partial charge in [-0.3, -0.25) is 9.80 Å². The molecule has 1 aliphatic heterocycles. The SMILES string of the molecule is C[C@@H](C#N)N1CCN(Cc2nc3ccccc3s2)CC1. The lowest BCUT2D eigenvalue weighted by molar-refractivity contribution is 0.114. The van der Waals surface area contributed by atoms with Crippen LogP contribution in [0.4, 0.5) is 0 Å². The first kappa shape index (κ1) is 13.5. The van der Waals surface area contributed by atoms with Crippen molar-refractivity contribution >= 4 is 21.6 Å². The lowest BCUT2D eigenvalue weighted by Gasteiger charge is -2.35.